The van der Waals surface area contributed by atoms with E-state index < -0.39 is 0 Å². The summed E-state index contributed by atoms with van der Waals surface area (Å²) in [6, 6.07) is 5.79. The van der Waals surface area contributed by atoms with Crippen LogP contribution in [0.5, 0.6) is 11.5 Å². The number of hydrogen-bond acceptors (Lipinski definition) is 7. The van der Waals surface area contributed by atoms with Crippen molar-refractivity contribution < 1.29 is 28.5 Å². The van der Waals surface area contributed by atoms with Gasteiger partial charge in [-0.2, -0.15) is 0 Å². The molecule has 3 aliphatic rings. The average molecular weight is 575 g/mol. The van der Waals surface area contributed by atoms with Gasteiger partial charge in [0.05, 0.1) is 13.7 Å². The van der Waals surface area contributed by atoms with Gasteiger partial charge in [-0.05, 0) is 75.5 Å². The topological polar surface area (TPSA) is 102 Å². The average Bonchev–Trinajstić information content (AvgIpc) is 3.74. The third-order valence-corrected chi connectivity index (χ3v) is 8.52. The lowest BCUT2D eigenvalue weighted by molar-refractivity contribution is 0.0647. The van der Waals surface area contributed by atoms with Gasteiger partial charge in [0.2, 0.25) is 0 Å². The molecule has 0 spiro atoms. The number of urea groups is 1. The maximum absolute atomic E-state index is 13.8. The quantitative estimate of drug-likeness (QED) is 0.310. The second-order valence-corrected chi connectivity index (χ2v) is 11.9. The predicted molar refractivity (Wildman–Crippen MR) is 158 cm³/mol. The van der Waals surface area contributed by atoms with Crippen LogP contribution in [0.3, 0.4) is 0 Å². The van der Waals surface area contributed by atoms with Gasteiger partial charge in [0.25, 0.3) is 5.91 Å². The van der Waals surface area contributed by atoms with Crippen LogP contribution in [0.2, 0.25) is 0 Å². The molecule has 4 rings (SSSR count). The summed E-state index contributed by atoms with van der Waals surface area (Å²) >= 11 is 0. The molecule has 2 heterocycles. The molecule has 0 radical (unpaired) electrons. The fourth-order valence-corrected chi connectivity index (χ4v) is 5.79. The predicted octanol–water partition coefficient (Wildman–Crippen LogP) is 3.40. The first-order valence-electron chi connectivity index (χ1n) is 15.3. The molecule has 230 valence electrons. The van der Waals surface area contributed by atoms with Crippen molar-refractivity contribution >= 4 is 11.9 Å². The molecule has 1 saturated carbocycles. The van der Waals surface area contributed by atoms with E-state index in [9.17, 15) is 9.59 Å². The molecule has 41 heavy (non-hydrogen) atoms. The minimum atomic E-state index is -0.0247. The zero-order chi connectivity index (χ0) is 29.2. The number of ether oxygens (including phenoxy) is 4. The first kappa shape index (κ1) is 31.4. The smallest absolute Gasteiger partial charge is 0.317 e. The van der Waals surface area contributed by atoms with Crippen molar-refractivity contribution in [3.63, 3.8) is 0 Å². The SMILES string of the molecule is COCCCOc1cc(C(=O)N(C[C@@H]2CNC[C@@H]2CN(C(=O)NCC2CCOCC2)C2CC2)C(C)C)ccc1OC. The third-order valence-electron chi connectivity index (χ3n) is 8.52. The Bertz CT molecular complexity index is 981. The highest BCUT2D eigenvalue weighted by Crippen LogP contribution is 2.32. The Morgan fingerprint density at radius 2 is 1.76 bits per heavy atom. The van der Waals surface area contributed by atoms with Crippen molar-refractivity contribution in [1.82, 2.24) is 20.4 Å². The summed E-state index contributed by atoms with van der Waals surface area (Å²) in [6.45, 7) is 10.5. The molecule has 10 nitrogen and oxygen atoms in total. The maximum atomic E-state index is 13.8. The monoisotopic (exact) mass is 574 g/mol. The number of carbonyl (C=O) groups is 2. The van der Waals surface area contributed by atoms with Crippen molar-refractivity contribution in [2.75, 3.05) is 73.4 Å². The Labute approximate surface area is 245 Å². The van der Waals surface area contributed by atoms with Gasteiger partial charge < -0.3 is 39.4 Å². The van der Waals surface area contributed by atoms with E-state index in [0.717, 1.165) is 58.4 Å². The molecule has 3 fully saturated rings. The van der Waals surface area contributed by atoms with Crippen molar-refractivity contribution in [2.24, 2.45) is 17.8 Å². The second kappa shape index (κ2) is 15.6. The molecule has 1 aliphatic carbocycles. The molecule has 2 aliphatic heterocycles. The van der Waals surface area contributed by atoms with E-state index in [1.165, 1.54) is 0 Å². The summed E-state index contributed by atoms with van der Waals surface area (Å²) in [5.74, 6) is 2.18. The molecule has 1 aromatic rings. The number of carbonyl (C=O) groups excluding carboxylic acids is 2. The van der Waals surface area contributed by atoms with Gasteiger partial charge in [-0.15, -0.1) is 0 Å². The minimum Gasteiger partial charge on any atom is -0.493 e. The van der Waals surface area contributed by atoms with Crippen molar-refractivity contribution in [1.29, 1.82) is 0 Å². The summed E-state index contributed by atoms with van der Waals surface area (Å²) in [5.41, 5.74) is 0.579. The van der Waals surface area contributed by atoms with Crippen LogP contribution in [-0.4, -0.2) is 107 Å². The van der Waals surface area contributed by atoms with Crippen LogP contribution in [0.15, 0.2) is 18.2 Å². The largest absolute Gasteiger partial charge is 0.493 e. The van der Waals surface area contributed by atoms with Crippen LogP contribution in [-0.2, 0) is 9.47 Å². The first-order valence-corrected chi connectivity index (χ1v) is 15.3. The van der Waals surface area contributed by atoms with E-state index in [0.29, 0.717) is 61.9 Å². The summed E-state index contributed by atoms with van der Waals surface area (Å²) in [7, 11) is 3.26. The van der Waals surface area contributed by atoms with Crippen LogP contribution in [0.4, 0.5) is 4.79 Å². The molecule has 0 aromatic heterocycles. The molecule has 2 saturated heterocycles. The second-order valence-electron chi connectivity index (χ2n) is 11.9. The van der Waals surface area contributed by atoms with Crippen molar-refractivity contribution in [2.45, 2.75) is 58.0 Å². The van der Waals surface area contributed by atoms with Crippen LogP contribution in [0.25, 0.3) is 0 Å². The van der Waals surface area contributed by atoms with Crippen molar-refractivity contribution in [3.05, 3.63) is 23.8 Å². The van der Waals surface area contributed by atoms with Gasteiger partial charge in [-0.3, -0.25) is 4.79 Å². The Hall–Kier alpha value is -2.56. The Morgan fingerprint density at radius 1 is 1.02 bits per heavy atom. The molecule has 2 N–H and O–H groups in total. The fraction of sp³-hybridized carbons (Fsp3) is 0.742. The van der Waals surface area contributed by atoms with E-state index >= 15 is 0 Å². The highest BCUT2D eigenvalue weighted by Gasteiger charge is 2.38. The molecular weight excluding hydrogens is 524 g/mol. The molecule has 3 amide bonds. The fourth-order valence-electron chi connectivity index (χ4n) is 5.79. The maximum Gasteiger partial charge on any atom is 0.317 e. The standard InChI is InChI=1S/C31H50N4O6/c1-22(2)34(30(36)24-6-9-28(39-4)29(16-24)41-13-5-12-38-3)20-25-18-32-19-26(25)21-35(27-7-8-27)31(37)33-17-23-10-14-40-15-11-23/h6,9,16,22-23,25-27,32H,5,7-8,10-15,17-21H2,1-4H3,(H,33,37)/t25-,26+/m0/s1. The summed E-state index contributed by atoms with van der Waals surface area (Å²) in [6.07, 6.45) is 4.90. The highest BCUT2D eigenvalue weighted by atomic mass is 16.5. The summed E-state index contributed by atoms with van der Waals surface area (Å²) in [5, 5.41) is 6.75. The van der Waals surface area contributed by atoms with E-state index in [-0.39, 0.29) is 29.8 Å². The van der Waals surface area contributed by atoms with Crippen LogP contribution in [0.1, 0.15) is 56.3 Å². The van der Waals surface area contributed by atoms with E-state index in [1.54, 1.807) is 32.4 Å². The normalized spacial score (nSPS) is 21.1. The Balaban J connectivity index is 1.38. The van der Waals surface area contributed by atoms with Crippen LogP contribution in [0, 0.1) is 17.8 Å². The van der Waals surface area contributed by atoms with Crippen LogP contribution >= 0.6 is 0 Å². The molecule has 0 unspecified atom stereocenters. The lowest BCUT2D eigenvalue weighted by Gasteiger charge is -2.34. The number of amides is 3. The lowest BCUT2D eigenvalue weighted by Crippen LogP contribution is -2.48. The van der Waals surface area contributed by atoms with Gasteiger partial charge in [0, 0.05) is 83.7 Å². The summed E-state index contributed by atoms with van der Waals surface area (Å²) < 4.78 is 22.0. The van der Waals surface area contributed by atoms with Gasteiger partial charge in [-0.1, -0.05) is 0 Å². The number of rotatable bonds is 15. The number of hydrogen-bond donors (Lipinski definition) is 2. The molecule has 10 heteroatoms. The van der Waals surface area contributed by atoms with Gasteiger partial charge in [0.15, 0.2) is 11.5 Å². The number of nitrogens with zero attached hydrogens (tertiary/aromatic N) is 2. The first-order chi connectivity index (χ1) is 19.9. The van der Waals surface area contributed by atoms with Gasteiger partial charge >= 0.3 is 6.03 Å². The van der Waals surface area contributed by atoms with E-state index in [4.69, 9.17) is 18.9 Å². The molecule has 0 bridgehead atoms. The third kappa shape index (κ3) is 8.96. The number of benzene rings is 1. The zero-order valence-electron chi connectivity index (χ0n) is 25.4. The Morgan fingerprint density at radius 3 is 2.41 bits per heavy atom. The molecular formula is C31H50N4O6. The van der Waals surface area contributed by atoms with Crippen LogP contribution < -0.4 is 20.1 Å². The summed E-state index contributed by atoms with van der Waals surface area (Å²) in [4.78, 5) is 31.1. The minimum absolute atomic E-state index is 0.0247. The zero-order valence-corrected chi connectivity index (χ0v) is 25.4. The molecule has 2 atom stereocenters. The van der Waals surface area contributed by atoms with E-state index in [2.05, 4.69) is 29.4 Å². The highest BCUT2D eigenvalue weighted by molar-refractivity contribution is 5.95. The van der Waals surface area contributed by atoms with E-state index in [1.807, 2.05) is 4.90 Å². The number of methoxy groups -OCH3 is 2. The lowest BCUT2D eigenvalue weighted by atomic mass is 9.94. The Kier molecular flexibility index (Phi) is 11.9. The van der Waals surface area contributed by atoms with Gasteiger partial charge in [-0.25, -0.2) is 4.79 Å². The van der Waals surface area contributed by atoms with Gasteiger partial charge in [0.1, 0.15) is 0 Å². The number of nitrogens with one attached hydrogen (secondary N) is 2. The molecule has 1 aromatic carbocycles. The van der Waals surface area contributed by atoms with Crippen molar-refractivity contribution in [3.8, 4) is 11.5 Å².